The van der Waals surface area contributed by atoms with E-state index in [2.05, 4.69) is 23.7 Å². The van der Waals surface area contributed by atoms with E-state index in [9.17, 15) is 4.79 Å². The average Bonchev–Trinajstić information content (AvgIpc) is 2.68. The summed E-state index contributed by atoms with van der Waals surface area (Å²) in [5.41, 5.74) is 1.15. The number of aryl methyl sites for hydroxylation is 2. The van der Waals surface area contributed by atoms with Crippen LogP contribution in [0.3, 0.4) is 0 Å². The van der Waals surface area contributed by atoms with Crippen LogP contribution in [0, 0.1) is 19.8 Å². The van der Waals surface area contributed by atoms with E-state index in [1.54, 1.807) is 11.3 Å². The minimum Gasteiger partial charge on any atom is -0.340 e. The Morgan fingerprint density at radius 3 is 2.37 bits per heavy atom. The molecule has 1 fully saturated rings. The molecule has 0 atom stereocenters. The number of carbonyl (C=O) groups is 1. The molecule has 0 N–H and O–H groups in total. The van der Waals surface area contributed by atoms with Gasteiger partial charge in [0, 0.05) is 37.0 Å². The van der Waals surface area contributed by atoms with Crippen molar-refractivity contribution in [3.05, 3.63) is 15.6 Å². The number of hydrogen-bond acceptors (Lipinski definition) is 4. The van der Waals surface area contributed by atoms with E-state index in [1.807, 2.05) is 18.7 Å². The molecule has 106 valence electrons. The monoisotopic (exact) mass is 281 g/mol. The topological polar surface area (TPSA) is 36.4 Å². The Kier molecular flexibility index (Phi) is 4.58. The largest absolute Gasteiger partial charge is 0.340 e. The Labute approximate surface area is 119 Å². The van der Waals surface area contributed by atoms with Crippen molar-refractivity contribution in [1.29, 1.82) is 0 Å². The molecule has 1 amide bonds. The Balaban J connectivity index is 1.85. The SMILES string of the molecule is Cc1nc(CN2CCN(C(=O)C(C)C)CC2)sc1C. The van der Waals surface area contributed by atoms with Crippen molar-refractivity contribution in [1.82, 2.24) is 14.8 Å². The second-order valence-electron chi connectivity index (χ2n) is 5.51. The van der Waals surface area contributed by atoms with E-state index in [0.717, 1.165) is 38.4 Å². The van der Waals surface area contributed by atoms with Gasteiger partial charge in [0.25, 0.3) is 0 Å². The van der Waals surface area contributed by atoms with Crippen molar-refractivity contribution >= 4 is 17.2 Å². The molecule has 2 heterocycles. The Morgan fingerprint density at radius 2 is 1.89 bits per heavy atom. The van der Waals surface area contributed by atoms with E-state index < -0.39 is 0 Å². The summed E-state index contributed by atoms with van der Waals surface area (Å²) in [7, 11) is 0. The summed E-state index contributed by atoms with van der Waals surface area (Å²) in [6.45, 7) is 12.6. The first kappa shape index (κ1) is 14.5. The normalized spacial score (nSPS) is 17.2. The summed E-state index contributed by atoms with van der Waals surface area (Å²) in [5, 5.41) is 1.19. The number of hydrogen-bond donors (Lipinski definition) is 0. The zero-order valence-electron chi connectivity index (χ0n) is 12.3. The molecule has 1 saturated heterocycles. The molecule has 1 aromatic heterocycles. The standard InChI is InChI=1S/C14H23N3OS/c1-10(2)14(18)17-7-5-16(6-8-17)9-13-15-11(3)12(4)19-13/h10H,5-9H2,1-4H3. The van der Waals surface area contributed by atoms with E-state index in [-0.39, 0.29) is 11.8 Å². The van der Waals surface area contributed by atoms with Gasteiger partial charge in [-0.1, -0.05) is 13.8 Å². The molecule has 5 heteroatoms. The van der Waals surface area contributed by atoms with Crippen molar-refractivity contribution in [2.75, 3.05) is 26.2 Å². The molecule has 0 radical (unpaired) electrons. The second kappa shape index (κ2) is 6.01. The molecule has 1 aliphatic heterocycles. The predicted octanol–water partition coefficient (Wildman–Crippen LogP) is 2.06. The van der Waals surface area contributed by atoms with Crippen molar-refractivity contribution in [3.63, 3.8) is 0 Å². The number of thiazole rings is 1. The summed E-state index contributed by atoms with van der Waals surface area (Å²) in [5.74, 6) is 0.386. The van der Waals surface area contributed by atoms with Crippen LogP contribution in [-0.2, 0) is 11.3 Å². The van der Waals surface area contributed by atoms with Crippen LogP contribution in [0.1, 0.15) is 29.4 Å². The van der Waals surface area contributed by atoms with Gasteiger partial charge in [0.05, 0.1) is 12.2 Å². The number of nitrogens with zero attached hydrogens (tertiary/aromatic N) is 3. The number of aromatic nitrogens is 1. The molecule has 1 aliphatic rings. The lowest BCUT2D eigenvalue weighted by Crippen LogP contribution is -2.49. The summed E-state index contributed by atoms with van der Waals surface area (Å²) in [6.07, 6.45) is 0. The molecular formula is C14H23N3OS. The number of rotatable bonds is 3. The summed E-state index contributed by atoms with van der Waals surface area (Å²) in [4.78, 5) is 22.2. The summed E-state index contributed by atoms with van der Waals surface area (Å²) >= 11 is 1.79. The maximum atomic E-state index is 11.9. The van der Waals surface area contributed by atoms with Gasteiger partial charge >= 0.3 is 0 Å². The second-order valence-corrected chi connectivity index (χ2v) is 6.79. The van der Waals surface area contributed by atoms with Crippen LogP contribution in [0.5, 0.6) is 0 Å². The van der Waals surface area contributed by atoms with Crippen LogP contribution >= 0.6 is 11.3 Å². The van der Waals surface area contributed by atoms with Crippen LogP contribution < -0.4 is 0 Å². The van der Waals surface area contributed by atoms with E-state index in [0.29, 0.717) is 0 Å². The first-order valence-electron chi connectivity index (χ1n) is 6.91. The Bertz CT molecular complexity index is 428. The molecule has 0 bridgehead atoms. The Morgan fingerprint density at radius 1 is 1.26 bits per heavy atom. The molecule has 19 heavy (non-hydrogen) atoms. The fourth-order valence-electron chi connectivity index (χ4n) is 2.29. The third-order valence-corrected chi connectivity index (χ3v) is 4.67. The van der Waals surface area contributed by atoms with Gasteiger partial charge in [0.15, 0.2) is 0 Å². The highest BCUT2D eigenvalue weighted by molar-refractivity contribution is 7.11. The lowest BCUT2D eigenvalue weighted by atomic mass is 10.1. The van der Waals surface area contributed by atoms with Crippen molar-refractivity contribution < 1.29 is 4.79 Å². The highest BCUT2D eigenvalue weighted by atomic mass is 32.1. The van der Waals surface area contributed by atoms with E-state index in [4.69, 9.17) is 0 Å². The Hall–Kier alpha value is -0.940. The van der Waals surface area contributed by atoms with Gasteiger partial charge < -0.3 is 4.90 Å². The van der Waals surface area contributed by atoms with Gasteiger partial charge in [-0.15, -0.1) is 11.3 Å². The number of carbonyl (C=O) groups excluding carboxylic acids is 1. The third kappa shape index (κ3) is 3.54. The molecule has 0 aromatic carbocycles. The molecule has 0 spiro atoms. The van der Waals surface area contributed by atoms with Gasteiger partial charge in [0.1, 0.15) is 5.01 Å². The molecular weight excluding hydrogens is 258 g/mol. The molecule has 2 rings (SSSR count). The zero-order chi connectivity index (χ0) is 14.0. The van der Waals surface area contributed by atoms with E-state index in [1.165, 1.54) is 9.88 Å². The quantitative estimate of drug-likeness (QED) is 0.851. The summed E-state index contributed by atoms with van der Waals surface area (Å²) < 4.78 is 0. The van der Waals surface area contributed by atoms with Gasteiger partial charge in [-0.25, -0.2) is 4.98 Å². The van der Waals surface area contributed by atoms with Crippen molar-refractivity contribution in [2.24, 2.45) is 5.92 Å². The van der Waals surface area contributed by atoms with Gasteiger partial charge in [0.2, 0.25) is 5.91 Å². The first-order valence-corrected chi connectivity index (χ1v) is 7.73. The smallest absolute Gasteiger partial charge is 0.225 e. The van der Waals surface area contributed by atoms with Crippen LogP contribution in [0.2, 0.25) is 0 Å². The van der Waals surface area contributed by atoms with Crippen molar-refractivity contribution in [2.45, 2.75) is 34.2 Å². The fourth-order valence-corrected chi connectivity index (χ4v) is 3.27. The maximum absolute atomic E-state index is 11.9. The molecule has 0 unspecified atom stereocenters. The molecule has 4 nitrogen and oxygen atoms in total. The minimum absolute atomic E-state index is 0.107. The first-order chi connectivity index (χ1) is 8.97. The highest BCUT2D eigenvalue weighted by Gasteiger charge is 2.23. The fraction of sp³-hybridized carbons (Fsp3) is 0.714. The van der Waals surface area contributed by atoms with Gasteiger partial charge in [-0.2, -0.15) is 0 Å². The van der Waals surface area contributed by atoms with Crippen molar-refractivity contribution in [3.8, 4) is 0 Å². The van der Waals surface area contributed by atoms with Gasteiger partial charge in [-0.3, -0.25) is 9.69 Å². The zero-order valence-corrected chi connectivity index (χ0v) is 13.1. The number of piperazine rings is 1. The van der Waals surface area contributed by atoms with Gasteiger partial charge in [-0.05, 0) is 13.8 Å². The highest BCUT2D eigenvalue weighted by Crippen LogP contribution is 2.19. The van der Waals surface area contributed by atoms with E-state index >= 15 is 0 Å². The minimum atomic E-state index is 0.107. The lowest BCUT2D eigenvalue weighted by molar-refractivity contribution is -0.136. The van der Waals surface area contributed by atoms with Crippen LogP contribution in [0.15, 0.2) is 0 Å². The van der Waals surface area contributed by atoms with Crippen LogP contribution in [0.25, 0.3) is 0 Å². The molecule has 1 aromatic rings. The number of amides is 1. The average molecular weight is 281 g/mol. The van der Waals surface area contributed by atoms with Crippen LogP contribution in [-0.4, -0.2) is 46.9 Å². The summed E-state index contributed by atoms with van der Waals surface area (Å²) in [6, 6.07) is 0. The van der Waals surface area contributed by atoms with Crippen LogP contribution in [0.4, 0.5) is 0 Å². The predicted molar refractivity (Wildman–Crippen MR) is 78.3 cm³/mol. The third-order valence-electron chi connectivity index (χ3n) is 3.61. The molecule has 0 aliphatic carbocycles. The maximum Gasteiger partial charge on any atom is 0.225 e. The lowest BCUT2D eigenvalue weighted by Gasteiger charge is -2.35. The molecule has 0 saturated carbocycles.